The maximum atomic E-state index is 6.25. The second kappa shape index (κ2) is 6.27. The third kappa shape index (κ3) is 2.52. The smallest absolute Gasteiger partial charge is 0.0651 e. The van der Waals surface area contributed by atoms with Crippen molar-refractivity contribution in [2.75, 3.05) is 6.54 Å². The number of halogens is 2. The lowest BCUT2D eigenvalue weighted by molar-refractivity contribution is 0.978. The SMILES string of the molecule is Cl.NCCc1c(-c2cccnc2)[nH]c2c(Cl)cccc12. The molecule has 0 saturated carbocycles. The number of rotatable bonds is 3. The number of hydrogen-bond donors (Lipinski definition) is 2. The molecule has 5 heteroatoms. The summed E-state index contributed by atoms with van der Waals surface area (Å²) >= 11 is 6.25. The number of aromatic amines is 1. The number of pyridine rings is 1. The molecule has 2 heterocycles. The molecular formula is C15H15Cl2N3. The topological polar surface area (TPSA) is 54.7 Å². The molecule has 0 aliphatic rings. The van der Waals surface area contributed by atoms with Crippen molar-refractivity contribution < 1.29 is 0 Å². The van der Waals surface area contributed by atoms with Crippen LogP contribution in [-0.4, -0.2) is 16.5 Å². The first-order valence-electron chi connectivity index (χ1n) is 6.21. The van der Waals surface area contributed by atoms with E-state index in [1.165, 1.54) is 5.56 Å². The number of para-hydroxylation sites is 1. The molecule has 0 bridgehead atoms. The van der Waals surface area contributed by atoms with Crippen LogP contribution >= 0.6 is 24.0 Å². The highest BCUT2D eigenvalue weighted by atomic mass is 35.5. The second-order valence-electron chi connectivity index (χ2n) is 4.42. The molecule has 0 radical (unpaired) electrons. The molecule has 0 atom stereocenters. The molecule has 3 aromatic rings. The fourth-order valence-corrected chi connectivity index (χ4v) is 2.62. The van der Waals surface area contributed by atoms with Crippen LogP contribution in [0, 0.1) is 0 Å². The Morgan fingerprint density at radius 1 is 1.20 bits per heavy atom. The van der Waals surface area contributed by atoms with Crippen molar-refractivity contribution in [2.24, 2.45) is 5.73 Å². The molecule has 3 nitrogen and oxygen atoms in total. The van der Waals surface area contributed by atoms with Gasteiger partial charge >= 0.3 is 0 Å². The summed E-state index contributed by atoms with van der Waals surface area (Å²) in [5.41, 5.74) is 10.0. The first-order chi connectivity index (χ1) is 9.31. The Kier molecular flexibility index (Phi) is 4.65. The van der Waals surface area contributed by atoms with E-state index in [0.29, 0.717) is 6.54 Å². The zero-order valence-electron chi connectivity index (χ0n) is 10.8. The Labute approximate surface area is 128 Å². The lowest BCUT2D eigenvalue weighted by atomic mass is 10.0. The molecule has 0 amide bonds. The van der Waals surface area contributed by atoms with Crippen molar-refractivity contribution >= 4 is 34.9 Å². The van der Waals surface area contributed by atoms with E-state index in [2.05, 4.69) is 16.0 Å². The predicted molar refractivity (Wildman–Crippen MR) is 86.5 cm³/mol. The molecule has 1 aromatic carbocycles. The zero-order valence-corrected chi connectivity index (χ0v) is 12.3. The van der Waals surface area contributed by atoms with Gasteiger partial charge in [-0.15, -0.1) is 12.4 Å². The Bertz CT molecular complexity index is 708. The van der Waals surface area contributed by atoms with Gasteiger partial charge < -0.3 is 10.7 Å². The normalized spacial score (nSPS) is 10.5. The van der Waals surface area contributed by atoms with E-state index in [-0.39, 0.29) is 12.4 Å². The molecular weight excluding hydrogens is 293 g/mol. The minimum Gasteiger partial charge on any atom is -0.353 e. The molecule has 0 spiro atoms. The van der Waals surface area contributed by atoms with Crippen molar-refractivity contribution in [3.8, 4) is 11.3 Å². The number of benzene rings is 1. The molecule has 20 heavy (non-hydrogen) atoms. The number of H-pyrrole nitrogens is 1. The first kappa shape index (κ1) is 14.9. The van der Waals surface area contributed by atoms with E-state index in [4.69, 9.17) is 17.3 Å². The third-order valence-electron chi connectivity index (χ3n) is 3.24. The van der Waals surface area contributed by atoms with Crippen molar-refractivity contribution in [1.29, 1.82) is 0 Å². The van der Waals surface area contributed by atoms with Gasteiger partial charge in [0.1, 0.15) is 0 Å². The van der Waals surface area contributed by atoms with Gasteiger partial charge in [-0.2, -0.15) is 0 Å². The van der Waals surface area contributed by atoms with Gasteiger partial charge in [0.15, 0.2) is 0 Å². The summed E-state index contributed by atoms with van der Waals surface area (Å²) in [5, 5.41) is 1.86. The summed E-state index contributed by atoms with van der Waals surface area (Å²) in [7, 11) is 0. The molecule has 0 saturated heterocycles. The number of fused-ring (bicyclic) bond motifs is 1. The van der Waals surface area contributed by atoms with Crippen LogP contribution in [0.15, 0.2) is 42.7 Å². The van der Waals surface area contributed by atoms with Crippen LogP contribution in [0.25, 0.3) is 22.2 Å². The highest BCUT2D eigenvalue weighted by Gasteiger charge is 2.14. The number of hydrogen-bond acceptors (Lipinski definition) is 2. The summed E-state index contributed by atoms with van der Waals surface area (Å²) in [6.45, 7) is 0.604. The van der Waals surface area contributed by atoms with Crippen molar-refractivity contribution in [3.05, 3.63) is 53.3 Å². The Morgan fingerprint density at radius 3 is 2.75 bits per heavy atom. The van der Waals surface area contributed by atoms with Gasteiger partial charge in [-0.3, -0.25) is 4.98 Å². The highest BCUT2D eigenvalue weighted by molar-refractivity contribution is 6.35. The second-order valence-corrected chi connectivity index (χ2v) is 4.83. The number of nitrogens with zero attached hydrogens (tertiary/aromatic N) is 1. The van der Waals surface area contributed by atoms with Gasteiger partial charge in [0.2, 0.25) is 0 Å². The largest absolute Gasteiger partial charge is 0.353 e. The number of nitrogens with one attached hydrogen (secondary N) is 1. The van der Waals surface area contributed by atoms with Crippen molar-refractivity contribution in [1.82, 2.24) is 9.97 Å². The summed E-state index contributed by atoms with van der Waals surface area (Å²) in [5.74, 6) is 0. The Hall–Kier alpha value is -1.55. The lowest BCUT2D eigenvalue weighted by Crippen LogP contribution is -2.03. The molecule has 0 unspecified atom stereocenters. The molecule has 3 rings (SSSR count). The Morgan fingerprint density at radius 2 is 2.05 bits per heavy atom. The van der Waals surface area contributed by atoms with Crippen LogP contribution in [0.2, 0.25) is 5.02 Å². The van der Waals surface area contributed by atoms with E-state index in [9.17, 15) is 0 Å². The van der Waals surface area contributed by atoms with Gasteiger partial charge in [-0.1, -0.05) is 23.7 Å². The highest BCUT2D eigenvalue weighted by Crippen LogP contribution is 2.33. The van der Waals surface area contributed by atoms with Gasteiger partial charge in [0, 0.05) is 23.3 Å². The van der Waals surface area contributed by atoms with Crippen molar-refractivity contribution in [3.63, 3.8) is 0 Å². The van der Waals surface area contributed by atoms with E-state index in [0.717, 1.165) is 33.6 Å². The minimum absolute atomic E-state index is 0. The van der Waals surface area contributed by atoms with Crippen LogP contribution in [0.3, 0.4) is 0 Å². The molecule has 2 aromatic heterocycles. The van der Waals surface area contributed by atoms with E-state index in [1.807, 2.05) is 30.5 Å². The lowest BCUT2D eigenvalue weighted by Gasteiger charge is -2.03. The van der Waals surface area contributed by atoms with Gasteiger partial charge in [-0.25, -0.2) is 0 Å². The van der Waals surface area contributed by atoms with Crippen LogP contribution in [0.5, 0.6) is 0 Å². The summed E-state index contributed by atoms with van der Waals surface area (Å²) < 4.78 is 0. The summed E-state index contributed by atoms with van der Waals surface area (Å²) in [6, 6.07) is 9.88. The predicted octanol–water partition coefficient (Wildman–Crippen LogP) is 3.81. The first-order valence-corrected chi connectivity index (χ1v) is 6.58. The number of aromatic nitrogens is 2. The number of nitrogens with two attached hydrogens (primary N) is 1. The average Bonchev–Trinajstić information content (AvgIpc) is 2.81. The summed E-state index contributed by atoms with van der Waals surface area (Å²) in [6.07, 6.45) is 4.42. The third-order valence-corrected chi connectivity index (χ3v) is 3.55. The van der Waals surface area contributed by atoms with Crippen molar-refractivity contribution in [2.45, 2.75) is 6.42 Å². The minimum atomic E-state index is 0. The van der Waals surface area contributed by atoms with Gasteiger partial charge in [-0.05, 0) is 36.7 Å². The van der Waals surface area contributed by atoms with E-state index in [1.54, 1.807) is 6.20 Å². The monoisotopic (exact) mass is 307 g/mol. The van der Waals surface area contributed by atoms with E-state index >= 15 is 0 Å². The Balaban J connectivity index is 0.00000147. The maximum absolute atomic E-state index is 6.25. The standard InChI is InChI=1S/C15H14ClN3.ClH/c16-13-5-1-4-11-12(6-7-17)14(19-15(11)13)10-3-2-8-18-9-10;/h1-5,8-9,19H,6-7,17H2;1H. The van der Waals surface area contributed by atoms with Gasteiger partial charge in [0.05, 0.1) is 16.2 Å². The van der Waals surface area contributed by atoms with Crippen LogP contribution in [0.4, 0.5) is 0 Å². The molecule has 104 valence electrons. The average molecular weight is 308 g/mol. The quantitative estimate of drug-likeness (QED) is 0.773. The van der Waals surface area contributed by atoms with Crippen LogP contribution < -0.4 is 5.73 Å². The zero-order chi connectivity index (χ0) is 13.2. The maximum Gasteiger partial charge on any atom is 0.0651 e. The summed E-state index contributed by atoms with van der Waals surface area (Å²) in [4.78, 5) is 7.58. The van der Waals surface area contributed by atoms with Crippen LogP contribution in [-0.2, 0) is 6.42 Å². The van der Waals surface area contributed by atoms with E-state index < -0.39 is 0 Å². The molecule has 0 fully saturated rings. The fraction of sp³-hybridized carbons (Fsp3) is 0.133. The van der Waals surface area contributed by atoms with Gasteiger partial charge in [0.25, 0.3) is 0 Å². The van der Waals surface area contributed by atoms with Crippen LogP contribution in [0.1, 0.15) is 5.56 Å². The molecule has 0 aliphatic heterocycles. The molecule has 0 aliphatic carbocycles. The molecule has 3 N–H and O–H groups in total. The fourth-order valence-electron chi connectivity index (χ4n) is 2.40.